The van der Waals surface area contributed by atoms with Gasteiger partial charge in [-0.1, -0.05) is 6.07 Å². The van der Waals surface area contributed by atoms with Crippen molar-refractivity contribution in [1.82, 2.24) is 9.55 Å². The molecule has 8 heteroatoms. The number of hydrogen-bond acceptors (Lipinski definition) is 3. The Kier molecular flexibility index (Phi) is 5.41. The number of halogens is 1. The fourth-order valence-corrected chi connectivity index (χ4v) is 4.13. The monoisotopic (exact) mass is 468 g/mol. The second-order valence-electron chi connectivity index (χ2n) is 8.35. The lowest BCUT2D eigenvalue weighted by atomic mass is 10.0. The van der Waals surface area contributed by atoms with Crippen molar-refractivity contribution in [3.8, 4) is 5.69 Å². The Labute approximate surface area is 199 Å². The Morgan fingerprint density at radius 1 is 1.03 bits per heavy atom. The van der Waals surface area contributed by atoms with Crippen LogP contribution in [0.25, 0.3) is 17.3 Å². The van der Waals surface area contributed by atoms with Gasteiger partial charge in [-0.2, -0.15) is 0 Å². The number of amides is 2. The molecule has 174 valence electrons. The summed E-state index contributed by atoms with van der Waals surface area (Å²) in [5, 5.41) is 5.54. The smallest absolute Gasteiger partial charge is 0.267 e. The zero-order valence-electron chi connectivity index (χ0n) is 19.0. The van der Waals surface area contributed by atoms with E-state index in [4.69, 9.17) is 0 Å². The lowest BCUT2D eigenvalue weighted by molar-refractivity contribution is -0.110. The molecule has 2 aromatic heterocycles. The Balaban J connectivity index is 1.41. The number of fused-ring (bicyclic) bond motifs is 1. The maximum atomic E-state index is 13.2. The number of aryl methyl sites for hydroxylation is 2. The number of aromatic amines is 1. The highest BCUT2D eigenvalue weighted by atomic mass is 19.1. The molecule has 2 aromatic carbocycles. The average Bonchev–Trinajstić information content (AvgIpc) is 3.31. The number of carbonyl (C=O) groups is 2. The Morgan fingerprint density at radius 3 is 2.51 bits per heavy atom. The molecular formula is C27H21FN4O3. The molecule has 0 radical (unpaired) electrons. The number of nitrogens with zero attached hydrogens (tertiary/aromatic N) is 1. The molecule has 7 nitrogen and oxygen atoms in total. The van der Waals surface area contributed by atoms with Gasteiger partial charge in [-0.15, -0.1) is 0 Å². The summed E-state index contributed by atoms with van der Waals surface area (Å²) in [7, 11) is 0. The minimum Gasteiger partial charge on any atom is -0.359 e. The third kappa shape index (κ3) is 4.17. The largest absolute Gasteiger partial charge is 0.359 e. The van der Waals surface area contributed by atoms with Gasteiger partial charge in [-0.25, -0.2) is 4.39 Å². The van der Waals surface area contributed by atoms with E-state index in [2.05, 4.69) is 15.6 Å². The third-order valence-corrected chi connectivity index (χ3v) is 5.84. The highest BCUT2D eigenvalue weighted by Crippen LogP contribution is 2.35. The van der Waals surface area contributed by atoms with Crippen LogP contribution >= 0.6 is 0 Å². The van der Waals surface area contributed by atoms with Gasteiger partial charge in [0.05, 0.1) is 11.3 Å². The van der Waals surface area contributed by atoms with Crippen LogP contribution in [0.4, 0.5) is 15.8 Å². The van der Waals surface area contributed by atoms with Crippen molar-refractivity contribution in [3.63, 3.8) is 0 Å². The van der Waals surface area contributed by atoms with Crippen LogP contribution in [0, 0.1) is 19.7 Å². The minimum atomic E-state index is -0.594. The fraction of sp³-hybridized carbons (Fsp3) is 0.0741. The summed E-state index contributed by atoms with van der Waals surface area (Å²) in [6.45, 7) is 3.92. The lowest BCUT2D eigenvalue weighted by Crippen LogP contribution is -2.27. The molecule has 0 bridgehead atoms. The number of benzene rings is 2. The zero-order valence-corrected chi connectivity index (χ0v) is 19.0. The quantitative estimate of drug-likeness (QED) is 0.380. The first-order chi connectivity index (χ1) is 16.8. The van der Waals surface area contributed by atoms with Gasteiger partial charge in [-0.3, -0.25) is 19.0 Å². The summed E-state index contributed by atoms with van der Waals surface area (Å²) >= 11 is 0. The Morgan fingerprint density at radius 2 is 1.80 bits per heavy atom. The van der Waals surface area contributed by atoms with Gasteiger partial charge in [0.25, 0.3) is 17.4 Å². The van der Waals surface area contributed by atoms with Gasteiger partial charge < -0.3 is 15.6 Å². The van der Waals surface area contributed by atoms with E-state index in [0.29, 0.717) is 22.6 Å². The molecule has 3 heterocycles. The molecule has 5 rings (SSSR count). The van der Waals surface area contributed by atoms with Crippen LogP contribution in [-0.2, 0) is 4.79 Å². The van der Waals surface area contributed by atoms with Crippen LogP contribution in [0.5, 0.6) is 0 Å². The molecule has 0 spiro atoms. The number of hydrogen-bond donors (Lipinski definition) is 3. The molecule has 1 aliphatic heterocycles. The summed E-state index contributed by atoms with van der Waals surface area (Å²) in [5.41, 5.74) is 4.98. The van der Waals surface area contributed by atoms with E-state index >= 15 is 0 Å². The summed E-state index contributed by atoms with van der Waals surface area (Å²) < 4.78 is 14.5. The summed E-state index contributed by atoms with van der Waals surface area (Å²) in [6, 6.07) is 15.5. The van der Waals surface area contributed by atoms with Gasteiger partial charge in [0, 0.05) is 34.5 Å². The number of carbonyl (C=O) groups excluding carboxylic acids is 2. The second kappa shape index (κ2) is 8.57. The molecule has 4 aromatic rings. The summed E-state index contributed by atoms with van der Waals surface area (Å²) in [6.07, 6.45) is 3.32. The average molecular weight is 468 g/mol. The topological polar surface area (TPSA) is 96.0 Å². The zero-order chi connectivity index (χ0) is 24.7. The van der Waals surface area contributed by atoms with Crippen molar-refractivity contribution in [3.05, 3.63) is 111 Å². The van der Waals surface area contributed by atoms with Crippen LogP contribution in [0.1, 0.15) is 32.9 Å². The molecule has 0 unspecified atom stereocenters. The van der Waals surface area contributed by atoms with Gasteiger partial charge in [-0.05, 0) is 80.1 Å². The van der Waals surface area contributed by atoms with Crippen molar-refractivity contribution in [2.24, 2.45) is 0 Å². The van der Waals surface area contributed by atoms with Crippen molar-refractivity contribution in [2.75, 3.05) is 10.6 Å². The number of nitrogens with one attached hydrogen (secondary N) is 3. The molecule has 0 aliphatic carbocycles. The van der Waals surface area contributed by atoms with Crippen LogP contribution in [-0.4, -0.2) is 21.4 Å². The minimum absolute atomic E-state index is 0.0699. The van der Waals surface area contributed by atoms with Crippen LogP contribution < -0.4 is 16.2 Å². The molecule has 2 amide bonds. The number of aromatic nitrogens is 2. The predicted molar refractivity (Wildman–Crippen MR) is 133 cm³/mol. The van der Waals surface area contributed by atoms with E-state index in [9.17, 15) is 18.8 Å². The number of pyridine rings is 1. The van der Waals surface area contributed by atoms with Gasteiger partial charge in [0.15, 0.2) is 0 Å². The second-order valence-corrected chi connectivity index (χ2v) is 8.35. The first-order valence-corrected chi connectivity index (χ1v) is 10.9. The SMILES string of the molecule is Cc1cc(C)c(C=C2C(=O)Nc3cc(NC(=O)c4cccn(-c5ccc(F)cc5)c4=O)ccc32)[nH]1. The van der Waals surface area contributed by atoms with E-state index in [1.807, 2.05) is 26.0 Å². The molecule has 3 N–H and O–H groups in total. The predicted octanol–water partition coefficient (Wildman–Crippen LogP) is 4.67. The molecule has 0 saturated carbocycles. The van der Waals surface area contributed by atoms with E-state index in [1.54, 1.807) is 24.3 Å². The fourth-order valence-electron chi connectivity index (χ4n) is 4.13. The highest BCUT2D eigenvalue weighted by molar-refractivity contribution is 6.35. The molecule has 0 saturated heterocycles. The van der Waals surface area contributed by atoms with Crippen molar-refractivity contribution >= 4 is 34.8 Å². The molecule has 0 fully saturated rings. The normalized spacial score (nSPS) is 13.6. The highest BCUT2D eigenvalue weighted by Gasteiger charge is 2.25. The first kappa shape index (κ1) is 22.1. The number of H-pyrrole nitrogens is 1. The summed E-state index contributed by atoms with van der Waals surface area (Å²) in [5.74, 6) is -1.25. The van der Waals surface area contributed by atoms with Crippen LogP contribution in [0.3, 0.4) is 0 Å². The van der Waals surface area contributed by atoms with Gasteiger partial charge in [0.2, 0.25) is 0 Å². The van der Waals surface area contributed by atoms with Crippen LogP contribution in [0.2, 0.25) is 0 Å². The lowest BCUT2D eigenvalue weighted by Gasteiger charge is -2.10. The van der Waals surface area contributed by atoms with E-state index in [0.717, 1.165) is 22.5 Å². The number of anilines is 2. The molecular weight excluding hydrogens is 447 g/mol. The van der Waals surface area contributed by atoms with Crippen molar-refractivity contribution in [2.45, 2.75) is 13.8 Å². The van der Waals surface area contributed by atoms with Crippen molar-refractivity contribution < 1.29 is 14.0 Å². The number of rotatable bonds is 4. The Bertz CT molecular complexity index is 1580. The standard InChI is InChI=1S/C27H21FN4O3/c1-15-12-16(2)29-23(15)14-22-20-10-7-18(13-24(20)31-26(22)34)30-25(33)21-4-3-11-32(27(21)35)19-8-5-17(28)6-9-19/h3-14,29H,1-2H3,(H,30,33)(H,31,34). The van der Waals surface area contributed by atoms with E-state index in [-0.39, 0.29) is 11.5 Å². The summed E-state index contributed by atoms with van der Waals surface area (Å²) in [4.78, 5) is 41.6. The van der Waals surface area contributed by atoms with Crippen LogP contribution in [0.15, 0.2) is 71.7 Å². The van der Waals surface area contributed by atoms with Gasteiger partial charge in [0.1, 0.15) is 11.4 Å². The van der Waals surface area contributed by atoms with Crippen molar-refractivity contribution in [1.29, 1.82) is 0 Å². The van der Waals surface area contributed by atoms with Gasteiger partial charge >= 0.3 is 0 Å². The maximum absolute atomic E-state index is 13.2. The molecule has 1 aliphatic rings. The van der Waals surface area contributed by atoms with E-state index < -0.39 is 17.3 Å². The molecule has 0 atom stereocenters. The maximum Gasteiger partial charge on any atom is 0.267 e. The third-order valence-electron chi connectivity index (χ3n) is 5.84. The van der Waals surface area contributed by atoms with E-state index in [1.165, 1.54) is 41.1 Å². The first-order valence-electron chi connectivity index (χ1n) is 10.9. The Hall–Kier alpha value is -4.72. The molecule has 35 heavy (non-hydrogen) atoms.